The first kappa shape index (κ1) is 10.6. The van der Waals surface area contributed by atoms with Gasteiger partial charge in [0.05, 0.1) is 22.0 Å². The van der Waals surface area contributed by atoms with Gasteiger partial charge in [0, 0.05) is 3.57 Å². The summed E-state index contributed by atoms with van der Waals surface area (Å²) in [6.07, 6.45) is 0.0598. The molecule has 2 nitrogen and oxygen atoms in total. The third-order valence-corrected chi connectivity index (χ3v) is 2.17. The molecule has 0 bridgehead atoms. The van der Waals surface area contributed by atoms with E-state index in [2.05, 4.69) is 15.0 Å². The molecule has 67 valence electrons. The highest BCUT2D eigenvalue weighted by Gasteiger charge is 2.11. The molecular weight excluding hydrogens is 302 g/mol. The zero-order valence-corrected chi connectivity index (χ0v) is 9.67. The molecule has 0 aromatic heterocycles. The van der Waals surface area contributed by atoms with E-state index in [0.29, 0.717) is 0 Å². The molecule has 0 saturated carbocycles. The van der Waals surface area contributed by atoms with E-state index in [0.717, 1.165) is 3.57 Å². The normalized spacial score (nSPS) is 9.77. The number of rotatable bonds is 2. The molecule has 0 spiro atoms. The molecule has 0 aliphatic rings. The van der Waals surface area contributed by atoms with Gasteiger partial charge in [0.15, 0.2) is 0 Å². The van der Waals surface area contributed by atoms with Crippen molar-refractivity contribution in [2.75, 3.05) is 6.23 Å². The Balaban J connectivity index is 2.95. The lowest BCUT2D eigenvalue weighted by Crippen LogP contribution is -2.08. The van der Waals surface area contributed by atoms with Gasteiger partial charge in [0.1, 0.15) is 5.82 Å². The van der Waals surface area contributed by atoms with Crippen LogP contribution in [-0.4, -0.2) is 22.4 Å². The summed E-state index contributed by atoms with van der Waals surface area (Å²) in [5.41, 5.74) is -0.0429. The summed E-state index contributed by atoms with van der Waals surface area (Å²) in [7, 11) is 2.97. The Kier molecular flexibility index (Phi) is 3.85. The summed E-state index contributed by atoms with van der Waals surface area (Å²) in [5, 5.41) is 0. The predicted molar refractivity (Wildman–Crippen MR) is 55.2 cm³/mol. The van der Waals surface area contributed by atoms with Crippen molar-refractivity contribution in [3.05, 3.63) is 33.1 Å². The monoisotopic (exact) mass is 307 g/mol. The minimum atomic E-state index is -0.663. The summed E-state index contributed by atoms with van der Waals surface area (Å²) in [6, 6.07) is 4.33. The topological polar surface area (TPSA) is 26.3 Å². The quantitative estimate of drug-likeness (QED) is 0.472. The molecule has 0 amide bonds. The van der Waals surface area contributed by atoms with Crippen molar-refractivity contribution < 1.29 is 13.9 Å². The van der Waals surface area contributed by atoms with Gasteiger partial charge in [-0.3, -0.25) is 0 Å². The smallest absolute Gasteiger partial charge is 0.340 e. The summed E-state index contributed by atoms with van der Waals surface area (Å²) in [6.45, 7) is 0. The van der Waals surface area contributed by atoms with E-state index in [1.165, 1.54) is 12.1 Å². The first-order valence-electron chi connectivity index (χ1n) is 3.42. The van der Waals surface area contributed by atoms with E-state index in [1.807, 2.05) is 22.6 Å². The van der Waals surface area contributed by atoms with Crippen molar-refractivity contribution in [1.82, 2.24) is 0 Å². The fraction of sp³-hybridized carbons (Fsp3) is 0.125. The second kappa shape index (κ2) is 4.71. The Hall–Kier alpha value is -0.433. The summed E-state index contributed by atoms with van der Waals surface area (Å²) >= 11 is 1.97. The van der Waals surface area contributed by atoms with Gasteiger partial charge in [0.2, 0.25) is 0 Å². The Labute approximate surface area is 92.0 Å². The molecule has 0 aliphatic heterocycles. The van der Waals surface area contributed by atoms with Crippen molar-refractivity contribution >= 4 is 38.8 Å². The SMILES string of the molecule is O=C(OC[Si])c1ccc(I)cc1F. The zero-order valence-electron chi connectivity index (χ0n) is 6.51. The maximum atomic E-state index is 13.1. The second-order valence-corrected chi connectivity index (χ2v) is 3.73. The minimum Gasteiger partial charge on any atom is -0.467 e. The maximum Gasteiger partial charge on any atom is 0.340 e. The number of hydrogen-bond acceptors (Lipinski definition) is 2. The highest BCUT2D eigenvalue weighted by atomic mass is 127. The second-order valence-electron chi connectivity index (χ2n) is 2.20. The van der Waals surface area contributed by atoms with Crippen LogP contribution in [0.3, 0.4) is 0 Å². The number of ether oxygens (including phenoxy) is 1. The van der Waals surface area contributed by atoms with Crippen LogP contribution in [0.4, 0.5) is 4.39 Å². The molecule has 0 unspecified atom stereocenters. The van der Waals surface area contributed by atoms with E-state index >= 15 is 0 Å². The molecule has 0 aliphatic carbocycles. The third kappa shape index (κ3) is 2.77. The van der Waals surface area contributed by atoms with E-state index in [4.69, 9.17) is 0 Å². The van der Waals surface area contributed by atoms with E-state index in [9.17, 15) is 9.18 Å². The van der Waals surface area contributed by atoms with Crippen LogP contribution in [0.15, 0.2) is 18.2 Å². The lowest BCUT2D eigenvalue weighted by molar-refractivity contribution is 0.0568. The van der Waals surface area contributed by atoms with Crippen LogP contribution >= 0.6 is 22.6 Å². The van der Waals surface area contributed by atoms with Crippen LogP contribution in [0.25, 0.3) is 0 Å². The summed E-state index contributed by atoms with van der Waals surface area (Å²) in [5.74, 6) is -1.22. The molecular formula is C8H5FIO2Si. The molecule has 5 heteroatoms. The van der Waals surface area contributed by atoms with Crippen LogP contribution in [-0.2, 0) is 4.74 Å². The van der Waals surface area contributed by atoms with Crippen molar-refractivity contribution in [2.24, 2.45) is 0 Å². The van der Waals surface area contributed by atoms with Crippen LogP contribution < -0.4 is 0 Å². The molecule has 1 aromatic rings. The molecule has 1 aromatic carbocycles. The van der Waals surface area contributed by atoms with E-state index in [-0.39, 0.29) is 11.8 Å². The lowest BCUT2D eigenvalue weighted by Gasteiger charge is -2.02. The molecule has 13 heavy (non-hydrogen) atoms. The summed E-state index contributed by atoms with van der Waals surface area (Å²) < 4.78 is 18.4. The Morgan fingerprint density at radius 1 is 1.62 bits per heavy atom. The van der Waals surface area contributed by atoms with Gasteiger partial charge in [0.25, 0.3) is 0 Å². The number of hydrogen-bond donors (Lipinski definition) is 0. The fourth-order valence-corrected chi connectivity index (χ4v) is 1.38. The van der Waals surface area contributed by atoms with Gasteiger partial charge in [-0.05, 0) is 40.8 Å². The van der Waals surface area contributed by atoms with Crippen molar-refractivity contribution in [1.29, 1.82) is 0 Å². The Morgan fingerprint density at radius 2 is 2.31 bits per heavy atom. The van der Waals surface area contributed by atoms with Gasteiger partial charge < -0.3 is 4.74 Å². The fourth-order valence-electron chi connectivity index (χ4n) is 0.798. The molecule has 0 atom stereocenters. The van der Waals surface area contributed by atoms with Crippen LogP contribution in [0.2, 0.25) is 0 Å². The lowest BCUT2D eigenvalue weighted by atomic mass is 10.2. The molecule has 1 rings (SSSR count). The molecule has 0 heterocycles. The number of esters is 1. The van der Waals surface area contributed by atoms with Crippen LogP contribution in [0.5, 0.6) is 0 Å². The molecule has 3 radical (unpaired) electrons. The van der Waals surface area contributed by atoms with Crippen molar-refractivity contribution in [3.8, 4) is 0 Å². The van der Waals surface area contributed by atoms with Crippen molar-refractivity contribution in [2.45, 2.75) is 0 Å². The maximum absolute atomic E-state index is 13.1. The number of carbonyl (C=O) groups excluding carboxylic acids is 1. The van der Waals surface area contributed by atoms with Gasteiger partial charge in [-0.2, -0.15) is 0 Å². The highest BCUT2D eigenvalue weighted by molar-refractivity contribution is 14.1. The van der Waals surface area contributed by atoms with Crippen LogP contribution in [0, 0.1) is 9.39 Å². The Morgan fingerprint density at radius 3 is 2.85 bits per heavy atom. The Bertz CT molecular complexity index is 330. The van der Waals surface area contributed by atoms with E-state index < -0.39 is 11.8 Å². The largest absolute Gasteiger partial charge is 0.467 e. The number of benzene rings is 1. The van der Waals surface area contributed by atoms with Crippen molar-refractivity contribution in [3.63, 3.8) is 0 Å². The van der Waals surface area contributed by atoms with Gasteiger partial charge in [-0.15, -0.1) is 0 Å². The number of halogens is 2. The standard InChI is InChI=1S/C8H5FIO2Si/c9-7-3-5(10)1-2-6(7)8(11)12-4-13/h1-3H,4H2. The first-order chi connectivity index (χ1) is 6.15. The number of carbonyl (C=O) groups is 1. The minimum absolute atomic E-state index is 0.0429. The zero-order chi connectivity index (χ0) is 9.84. The third-order valence-electron chi connectivity index (χ3n) is 1.35. The molecule has 0 saturated heterocycles. The van der Waals surface area contributed by atoms with E-state index in [1.54, 1.807) is 6.07 Å². The average Bonchev–Trinajstić information content (AvgIpc) is 2.04. The first-order valence-corrected chi connectivity index (χ1v) is 5.20. The highest BCUT2D eigenvalue weighted by Crippen LogP contribution is 2.12. The van der Waals surface area contributed by atoms with Crippen LogP contribution in [0.1, 0.15) is 10.4 Å². The molecule has 0 fully saturated rings. The van der Waals surface area contributed by atoms with Gasteiger partial charge in [-0.1, -0.05) is 0 Å². The van der Waals surface area contributed by atoms with Gasteiger partial charge >= 0.3 is 5.97 Å². The average molecular weight is 307 g/mol. The van der Waals surface area contributed by atoms with Gasteiger partial charge in [-0.25, -0.2) is 9.18 Å². The summed E-state index contributed by atoms with van der Waals surface area (Å²) in [4.78, 5) is 11.1. The molecule has 0 N–H and O–H groups in total. The predicted octanol–water partition coefficient (Wildman–Crippen LogP) is 1.71.